The van der Waals surface area contributed by atoms with Crippen LogP contribution in [-0.2, 0) is 0 Å². The molecule has 1 aliphatic heterocycles. The van der Waals surface area contributed by atoms with Gasteiger partial charge in [0.05, 0.1) is 11.0 Å². The SMILES string of the molecule is CC(C)N1CCS(O)(O)C(C)C1. The van der Waals surface area contributed by atoms with Gasteiger partial charge in [0.2, 0.25) is 0 Å². The maximum absolute atomic E-state index is 9.55. The van der Waals surface area contributed by atoms with Gasteiger partial charge in [-0.05, 0) is 20.8 Å². The van der Waals surface area contributed by atoms with Crippen LogP contribution >= 0.6 is 10.6 Å². The molecule has 0 radical (unpaired) electrons. The Morgan fingerprint density at radius 3 is 2.42 bits per heavy atom. The van der Waals surface area contributed by atoms with Gasteiger partial charge in [-0.1, -0.05) is 0 Å². The van der Waals surface area contributed by atoms with Gasteiger partial charge in [0.25, 0.3) is 0 Å². The van der Waals surface area contributed by atoms with E-state index in [2.05, 4.69) is 18.7 Å². The monoisotopic (exact) mass is 193 g/mol. The van der Waals surface area contributed by atoms with Crippen molar-refractivity contribution in [3.63, 3.8) is 0 Å². The quantitative estimate of drug-likeness (QED) is 0.668. The van der Waals surface area contributed by atoms with Gasteiger partial charge in [0.15, 0.2) is 0 Å². The highest BCUT2D eigenvalue weighted by atomic mass is 32.3. The number of rotatable bonds is 1. The fourth-order valence-corrected chi connectivity index (χ4v) is 2.80. The molecule has 1 saturated heterocycles. The molecule has 3 nitrogen and oxygen atoms in total. The summed E-state index contributed by atoms with van der Waals surface area (Å²) in [6, 6.07) is 0.517. The first-order valence-electron chi connectivity index (χ1n) is 4.42. The van der Waals surface area contributed by atoms with E-state index in [9.17, 15) is 9.11 Å². The third kappa shape index (κ3) is 2.13. The molecule has 74 valence electrons. The summed E-state index contributed by atoms with van der Waals surface area (Å²) in [6.07, 6.45) is 0. The highest BCUT2D eigenvalue weighted by Gasteiger charge is 2.30. The lowest BCUT2D eigenvalue weighted by atomic mass is 10.3. The Morgan fingerprint density at radius 2 is 2.00 bits per heavy atom. The zero-order valence-corrected chi connectivity index (χ0v) is 8.84. The molecule has 0 saturated carbocycles. The molecule has 4 heteroatoms. The maximum atomic E-state index is 9.55. The van der Waals surface area contributed by atoms with E-state index in [0.29, 0.717) is 11.8 Å². The molecule has 0 spiro atoms. The van der Waals surface area contributed by atoms with Crippen LogP contribution in [0.3, 0.4) is 0 Å². The molecule has 0 aliphatic carbocycles. The molecule has 0 amide bonds. The van der Waals surface area contributed by atoms with Gasteiger partial charge in [-0.3, -0.25) is 14.0 Å². The van der Waals surface area contributed by atoms with Crippen LogP contribution in [-0.4, -0.2) is 44.1 Å². The molecule has 12 heavy (non-hydrogen) atoms. The van der Waals surface area contributed by atoms with Gasteiger partial charge in [0, 0.05) is 19.1 Å². The minimum atomic E-state index is -2.27. The van der Waals surface area contributed by atoms with Crippen molar-refractivity contribution in [1.29, 1.82) is 0 Å². The van der Waals surface area contributed by atoms with Crippen LogP contribution in [0.2, 0.25) is 0 Å². The third-order valence-corrected chi connectivity index (χ3v) is 4.77. The second-order valence-corrected chi connectivity index (χ2v) is 6.47. The lowest BCUT2D eigenvalue weighted by Gasteiger charge is -2.47. The standard InChI is InChI=1S/C8H19NO2S/c1-7(2)9-4-5-12(10,11)8(3)6-9/h7-8,10-11H,4-6H2,1-3H3. The lowest BCUT2D eigenvalue weighted by molar-refractivity contribution is 0.218. The van der Waals surface area contributed by atoms with Crippen LogP contribution in [0.4, 0.5) is 0 Å². The Bertz CT molecular complexity index is 161. The molecule has 1 unspecified atom stereocenters. The van der Waals surface area contributed by atoms with Gasteiger partial charge in [0.1, 0.15) is 0 Å². The second-order valence-electron chi connectivity index (χ2n) is 3.82. The van der Waals surface area contributed by atoms with Crippen LogP contribution in [0.5, 0.6) is 0 Å². The van der Waals surface area contributed by atoms with Crippen molar-refractivity contribution >= 4 is 10.6 Å². The molecular formula is C8H19NO2S. The predicted molar refractivity (Wildman–Crippen MR) is 53.9 cm³/mol. The van der Waals surface area contributed by atoms with E-state index in [0.717, 1.165) is 13.1 Å². The van der Waals surface area contributed by atoms with E-state index >= 15 is 0 Å². The zero-order valence-electron chi connectivity index (χ0n) is 8.03. The smallest absolute Gasteiger partial charge is 0.0584 e. The first-order valence-corrected chi connectivity index (χ1v) is 6.20. The number of hydrogen-bond donors (Lipinski definition) is 2. The van der Waals surface area contributed by atoms with E-state index in [1.807, 2.05) is 6.92 Å². The molecule has 1 aliphatic rings. The van der Waals surface area contributed by atoms with Crippen LogP contribution in [0.1, 0.15) is 20.8 Å². The van der Waals surface area contributed by atoms with Gasteiger partial charge in [-0.15, -0.1) is 0 Å². The van der Waals surface area contributed by atoms with Gasteiger partial charge in [-0.25, -0.2) is 0 Å². The lowest BCUT2D eigenvalue weighted by Crippen LogP contribution is -2.46. The number of nitrogens with zero attached hydrogens (tertiary/aromatic N) is 1. The molecule has 1 heterocycles. The molecule has 2 N–H and O–H groups in total. The molecule has 0 aromatic rings. The Kier molecular flexibility index (Phi) is 3.04. The summed E-state index contributed by atoms with van der Waals surface area (Å²) in [6.45, 7) is 7.85. The van der Waals surface area contributed by atoms with Crippen molar-refractivity contribution in [2.24, 2.45) is 0 Å². The second kappa shape index (κ2) is 3.54. The molecular weight excluding hydrogens is 174 g/mol. The number of hydrogen-bond acceptors (Lipinski definition) is 3. The first-order chi connectivity index (χ1) is 5.43. The van der Waals surface area contributed by atoms with Crippen LogP contribution in [0.15, 0.2) is 0 Å². The Hall–Kier alpha value is 0.230. The van der Waals surface area contributed by atoms with Crippen LogP contribution in [0, 0.1) is 0 Å². The van der Waals surface area contributed by atoms with E-state index in [-0.39, 0.29) is 5.25 Å². The van der Waals surface area contributed by atoms with E-state index in [1.54, 1.807) is 0 Å². The molecule has 0 aromatic heterocycles. The maximum Gasteiger partial charge on any atom is 0.0584 e. The van der Waals surface area contributed by atoms with Crippen molar-refractivity contribution in [2.75, 3.05) is 18.8 Å². The summed E-state index contributed by atoms with van der Waals surface area (Å²) >= 11 is 0. The molecule has 0 bridgehead atoms. The summed E-state index contributed by atoms with van der Waals surface area (Å²) in [5.74, 6) is 0.548. The average molecular weight is 193 g/mol. The fraction of sp³-hybridized carbons (Fsp3) is 1.00. The van der Waals surface area contributed by atoms with Crippen molar-refractivity contribution in [1.82, 2.24) is 4.90 Å². The zero-order chi connectivity index (χ0) is 9.35. The molecule has 1 fully saturated rings. The van der Waals surface area contributed by atoms with E-state index in [4.69, 9.17) is 0 Å². The Labute approximate surface area is 76.1 Å². The summed E-state index contributed by atoms with van der Waals surface area (Å²) in [7, 11) is -2.27. The van der Waals surface area contributed by atoms with E-state index < -0.39 is 10.6 Å². The minimum absolute atomic E-state index is 0.0358. The summed E-state index contributed by atoms with van der Waals surface area (Å²) in [5.41, 5.74) is 0. The first kappa shape index (κ1) is 10.3. The Balaban J connectivity index is 2.52. The third-order valence-electron chi connectivity index (χ3n) is 2.55. The van der Waals surface area contributed by atoms with Gasteiger partial charge < -0.3 is 0 Å². The van der Waals surface area contributed by atoms with E-state index in [1.165, 1.54) is 0 Å². The Morgan fingerprint density at radius 1 is 1.42 bits per heavy atom. The largest absolute Gasteiger partial charge is 0.299 e. The van der Waals surface area contributed by atoms with Crippen molar-refractivity contribution in [3.8, 4) is 0 Å². The fourth-order valence-electron chi connectivity index (χ4n) is 1.46. The highest BCUT2D eigenvalue weighted by Crippen LogP contribution is 2.46. The van der Waals surface area contributed by atoms with Crippen LogP contribution < -0.4 is 0 Å². The average Bonchev–Trinajstić information content (AvgIpc) is 1.94. The summed E-state index contributed by atoms with van der Waals surface area (Å²) in [5, 5.41) is 0.0358. The topological polar surface area (TPSA) is 43.7 Å². The van der Waals surface area contributed by atoms with Crippen LogP contribution in [0.25, 0.3) is 0 Å². The van der Waals surface area contributed by atoms with Crippen molar-refractivity contribution in [3.05, 3.63) is 0 Å². The summed E-state index contributed by atoms with van der Waals surface area (Å²) < 4.78 is 19.1. The minimum Gasteiger partial charge on any atom is -0.299 e. The molecule has 1 atom stereocenters. The van der Waals surface area contributed by atoms with Crippen molar-refractivity contribution in [2.45, 2.75) is 32.1 Å². The predicted octanol–water partition coefficient (Wildman–Crippen LogP) is 1.85. The summed E-state index contributed by atoms with van der Waals surface area (Å²) in [4.78, 5) is 2.29. The normalized spacial score (nSPS) is 33.7. The molecule has 1 rings (SSSR count). The molecule has 0 aromatic carbocycles. The van der Waals surface area contributed by atoms with Gasteiger partial charge in [-0.2, -0.15) is 10.6 Å². The van der Waals surface area contributed by atoms with Crippen molar-refractivity contribution < 1.29 is 9.11 Å². The highest BCUT2D eigenvalue weighted by molar-refractivity contribution is 8.24. The van der Waals surface area contributed by atoms with Gasteiger partial charge >= 0.3 is 0 Å².